The standard InChI is InChI=1S/C18H21N3OS/c1-14-13-21(9-10-23-14)16-7-8-19-17(11-16)18(22)20-12-15-5-3-2-4-6-15/h2-8,11,14H,9-10,12-13H2,1H3,(H,20,22)/t14-/m0/s1. The van der Waals surface area contributed by atoms with Crippen molar-refractivity contribution in [2.45, 2.75) is 18.7 Å². The molecule has 0 aliphatic carbocycles. The van der Waals surface area contributed by atoms with Crippen LogP contribution < -0.4 is 10.2 Å². The van der Waals surface area contributed by atoms with Gasteiger partial charge in [0.25, 0.3) is 5.91 Å². The molecule has 1 N–H and O–H groups in total. The third-order valence-corrected chi connectivity index (χ3v) is 5.01. The van der Waals surface area contributed by atoms with Crippen molar-refractivity contribution in [2.75, 3.05) is 23.7 Å². The first-order chi connectivity index (χ1) is 11.2. The van der Waals surface area contributed by atoms with E-state index in [9.17, 15) is 4.79 Å². The quantitative estimate of drug-likeness (QED) is 0.938. The molecule has 4 nitrogen and oxygen atoms in total. The number of nitrogens with one attached hydrogen (secondary N) is 1. The molecule has 2 aromatic rings. The summed E-state index contributed by atoms with van der Waals surface area (Å²) in [5, 5.41) is 3.55. The molecule has 1 aromatic carbocycles. The molecule has 0 spiro atoms. The third-order valence-electron chi connectivity index (χ3n) is 3.88. The molecule has 1 fully saturated rings. The Bertz CT molecular complexity index is 662. The molecule has 120 valence electrons. The molecule has 23 heavy (non-hydrogen) atoms. The largest absolute Gasteiger partial charge is 0.369 e. The second-order valence-corrected chi connectivity index (χ2v) is 7.24. The van der Waals surface area contributed by atoms with Crippen molar-refractivity contribution in [3.63, 3.8) is 0 Å². The molecule has 1 atom stereocenters. The number of pyridine rings is 1. The van der Waals surface area contributed by atoms with Gasteiger partial charge in [0.15, 0.2) is 0 Å². The maximum Gasteiger partial charge on any atom is 0.270 e. The van der Waals surface area contributed by atoms with Gasteiger partial charge in [-0.05, 0) is 17.7 Å². The van der Waals surface area contributed by atoms with E-state index in [-0.39, 0.29) is 5.91 Å². The highest BCUT2D eigenvalue weighted by Gasteiger charge is 2.18. The molecule has 5 heteroatoms. The first-order valence-corrected chi connectivity index (χ1v) is 8.92. The second kappa shape index (κ2) is 7.51. The van der Waals surface area contributed by atoms with E-state index in [1.165, 1.54) is 0 Å². The molecular weight excluding hydrogens is 306 g/mol. The van der Waals surface area contributed by atoms with Gasteiger partial charge in [-0.2, -0.15) is 11.8 Å². The van der Waals surface area contributed by atoms with Crippen molar-refractivity contribution in [2.24, 2.45) is 0 Å². The van der Waals surface area contributed by atoms with Crippen LogP contribution in [0.25, 0.3) is 0 Å². The zero-order valence-corrected chi connectivity index (χ0v) is 14.1. The van der Waals surface area contributed by atoms with Gasteiger partial charge in [0.05, 0.1) is 0 Å². The third kappa shape index (κ3) is 4.26. The number of benzene rings is 1. The van der Waals surface area contributed by atoms with Crippen molar-refractivity contribution in [1.82, 2.24) is 10.3 Å². The zero-order chi connectivity index (χ0) is 16.1. The molecule has 1 aliphatic heterocycles. The Morgan fingerprint density at radius 1 is 1.35 bits per heavy atom. The van der Waals surface area contributed by atoms with Crippen LogP contribution in [0.5, 0.6) is 0 Å². The molecule has 1 aliphatic rings. The first-order valence-electron chi connectivity index (χ1n) is 7.87. The zero-order valence-electron chi connectivity index (χ0n) is 13.2. The van der Waals surface area contributed by atoms with Gasteiger partial charge >= 0.3 is 0 Å². The summed E-state index contributed by atoms with van der Waals surface area (Å²) in [6.07, 6.45) is 1.72. The van der Waals surface area contributed by atoms with Gasteiger partial charge in [-0.3, -0.25) is 9.78 Å². The summed E-state index contributed by atoms with van der Waals surface area (Å²) < 4.78 is 0. The predicted octanol–water partition coefficient (Wildman–Crippen LogP) is 2.95. The number of hydrogen-bond donors (Lipinski definition) is 1. The van der Waals surface area contributed by atoms with E-state index < -0.39 is 0 Å². The summed E-state index contributed by atoms with van der Waals surface area (Å²) in [5.41, 5.74) is 2.64. The topological polar surface area (TPSA) is 45.2 Å². The lowest BCUT2D eigenvalue weighted by atomic mass is 10.2. The van der Waals surface area contributed by atoms with Crippen molar-refractivity contribution in [3.8, 4) is 0 Å². The fourth-order valence-electron chi connectivity index (χ4n) is 2.66. The van der Waals surface area contributed by atoms with Gasteiger partial charge in [0, 0.05) is 42.5 Å². The van der Waals surface area contributed by atoms with Gasteiger partial charge < -0.3 is 10.2 Å². The van der Waals surface area contributed by atoms with Crippen LogP contribution in [0.1, 0.15) is 23.0 Å². The molecular formula is C18H21N3OS. The number of thioether (sulfide) groups is 1. The van der Waals surface area contributed by atoms with Crippen LogP contribution in [0, 0.1) is 0 Å². The number of hydrogen-bond acceptors (Lipinski definition) is 4. The van der Waals surface area contributed by atoms with E-state index in [2.05, 4.69) is 22.1 Å². The smallest absolute Gasteiger partial charge is 0.270 e. The number of rotatable bonds is 4. The number of carbonyl (C=O) groups excluding carboxylic acids is 1. The van der Waals surface area contributed by atoms with Gasteiger partial charge in [-0.15, -0.1) is 0 Å². The minimum atomic E-state index is -0.130. The summed E-state index contributed by atoms with van der Waals surface area (Å²) in [4.78, 5) is 18.9. The highest BCUT2D eigenvalue weighted by molar-refractivity contribution is 8.00. The summed E-state index contributed by atoms with van der Waals surface area (Å²) in [6, 6.07) is 13.8. The van der Waals surface area contributed by atoms with Gasteiger partial charge in [-0.25, -0.2) is 0 Å². The molecule has 1 amide bonds. The number of carbonyl (C=O) groups is 1. The fraction of sp³-hybridized carbons (Fsp3) is 0.333. The Kier molecular flexibility index (Phi) is 5.18. The first kappa shape index (κ1) is 15.9. The normalized spacial score (nSPS) is 17.8. The Morgan fingerprint density at radius 2 is 2.17 bits per heavy atom. The van der Waals surface area contributed by atoms with E-state index in [4.69, 9.17) is 0 Å². The SMILES string of the molecule is C[C@H]1CN(c2ccnc(C(=O)NCc3ccccc3)c2)CCS1. The number of amides is 1. The van der Waals surface area contributed by atoms with Crippen LogP contribution in [0.2, 0.25) is 0 Å². The van der Waals surface area contributed by atoms with Crippen LogP contribution >= 0.6 is 11.8 Å². The van der Waals surface area contributed by atoms with Crippen molar-refractivity contribution >= 4 is 23.4 Å². The van der Waals surface area contributed by atoms with Crippen LogP contribution in [-0.4, -0.2) is 35.0 Å². The summed E-state index contributed by atoms with van der Waals surface area (Å²) >= 11 is 2.00. The summed E-state index contributed by atoms with van der Waals surface area (Å²) in [6.45, 7) is 4.79. The maximum atomic E-state index is 12.3. The van der Waals surface area contributed by atoms with Gasteiger partial charge in [0.2, 0.25) is 0 Å². The van der Waals surface area contributed by atoms with Gasteiger partial charge in [-0.1, -0.05) is 37.3 Å². The molecule has 0 bridgehead atoms. The van der Waals surface area contributed by atoms with E-state index in [0.29, 0.717) is 17.5 Å². The summed E-state index contributed by atoms with van der Waals surface area (Å²) in [7, 11) is 0. The lowest BCUT2D eigenvalue weighted by Crippen LogP contribution is -2.36. The Labute approximate surface area is 141 Å². The number of anilines is 1. The second-order valence-electron chi connectivity index (χ2n) is 5.69. The van der Waals surface area contributed by atoms with Crippen molar-refractivity contribution < 1.29 is 4.79 Å². The molecule has 2 heterocycles. The van der Waals surface area contributed by atoms with Crippen molar-refractivity contribution in [1.29, 1.82) is 0 Å². The van der Waals surface area contributed by atoms with E-state index in [1.54, 1.807) is 6.20 Å². The molecule has 0 unspecified atom stereocenters. The Balaban J connectivity index is 1.65. The number of nitrogens with zero attached hydrogens (tertiary/aromatic N) is 2. The average molecular weight is 327 g/mol. The molecule has 1 saturated heterocycles. The van der Waals surface area contributed by atoms with E-state index in [0.717, 1.165) is 30.1 Å². The Hall–Kier alpha value is -2.01. The fourth-order valence-corrected chi connectivity index (χ4v) is 3.68. The monoisotopic (exact) mass is 327 g/mol. The summed E-state index contributed by atoms with van der Waals surface area (Å²) in [5.74, 6) is 0.995. The van der Waals surface area contributed by atoms with Crippen LogP contribution in [0.3, 0.4) is 0 Å². The lowest BCUT2D eigenvalue weighted by molar-refractivity contribution is 0.0946. The molecule has 0 saturated carbocycles. The lowest BCUT2D eigenvalue weighted by Gasteiger charge is -2.32. The minimum Gasteiger partial charge on any atom is -0.369 e. The van der Waals surface area contributed by atoms with Crippen LogP contribution in [-0.2, 0) is 6.54 Å². The number of aromatic nitrogens is 1. The molecule has 3 rings (SSSR count). The predicted molar refractivity (Wildman–Crippen MR) is 96.0 cm³/mol. The highest BCUT2D eigenvalue weighted by atomic mass is 32.2. The van der Waals surface area contributed by atoms with Crippen molar-refractivity contribution in [3.05, 3.63) is 59.9 Å². The van der Waals surface area contributed by atoms with E-state index >= 15 is 0 Å². The average Bonchev–Trinajstić information content (AvgIpc) is 2.61. The minimum absolute atomic E-state index is 0.130. The van der Waals surface area contributed by atoms with E-state index in [1.807, 2.05) is 54.2 Å². The van der Waals surface area contributed by atoms with Crippen LogP contribution in [0.15, 0.2) is 48.7 Å². The van der Waals surface area contributed by atoms with Crippen LogP contribution in [0.4, 0.5) is 5.69 Å². The molecule has 1 aromatic heterocycles. The van der Waals surface area contributed by atoms with Gasteiger partial charge in [0.1, 0.15) is 5.69 Å². The maximum absolute atomic E-state index is 12.3. The Morgan fingerprint density at radius 3 is 2.96 bits per heavy atom. The highest BCUT2D eigenvalue weighted by Crippen LogP contribution is 2.23. The molecule has 0 radical (unpaired) electrons.